The van der Waals surface area contributed by atoms with Crippen molar-refractivity contribution in [3.63, 3.8) is 0 Å². The van der Waals surface area contributed by atoms with E-state index in [-0.39, 0.29) is 5.91 Å². The average molecular weight is 464 g/mol. The molecule has 0 saturated carbocycles. The topological polar surface area (TPSA) is 36.0 Å². The highest BCUT2D eigenvalue weighted by molar-refractivity contribution is 6.32. The van der Waals surface area contributed by atoms with E-state index in [0.717, 1.165) is 49.7 Å². The lowest BCUT2D eigenvalue weighted by Crippen LogP contribution is -2.50. The first-order valence-corrected chi connectivity index (χ1v) is 11.8. The number of piperazine rings is 1. The van der Waals surface area contributed by atoms with Crippen molar-refractivity contribution < 1.29 is 9.53 Å². The molecule has 0 radical (unpaired) electrons. The SMILES string of the molecule is O=C(CN1CCN(CCOc2ccccc2Cl)CC1)N(Cc1ccccc1)c1ccccc1. The van der Waals surface area contributed by atoms with Crippen LogP contribution in [0.4, 0.5) is 5.69 Å². The van der Waals surface area contributed by atoms with E-state index in [1.807, 2.05) is 77.7 Å². The Morgan fingerprint density at radius 2 is 1.42 bits per heavy atom. The van der Waals surface area contributed by atoms with E-state index >= 15 is 0 Å². The molecule has 1 heterocycles. The number of carbonyl (C=O) groups excluding carboxylic acids is 1. The minimum Gasteiger partial charge on any atom is -0.491 e. The van der Waals surface area contributed by atoms with Crippen LogP contribution in [0.5, 0.6) is 5.75 Å². The molecule has 172 valence electrons. The van der Waals surface area contributed by atoms with Gasteiger partial charge in [0.05, 0.1) is 18.1 Å². The molecule has 6 heteroatoms. The Morgan fingerprint density at radius 1 is 0.818 bits per heavy atom. The maximum atomic E-state index is 13.3. The number of halogens is 1. The smallest absolute Gasteiger partial charge is 0.241 e. The number of hydrogen-bond donors (Lipinski definition) is 0. The van der Waals surface area contributed by atoms with Crippen LogP contribution in [0.2, 0.25) is 5.02 Å². The first kappa shape index (κ1) is 23.3. The Morgan fingerprint density at radius 3 is 2.12 bits per heavy atom. The van der Waals surface area contributed by atoms with Gasteiger partial charge in [0.1, 0.15) is 12.4 Å². The molecule has 3 aromatic carbocycles. The minimum absolute atomic E-state index is 0.126. The number of rotatable bonds is 9. The molecule has 1 amide bonds. The third-order valence-corrected chi connectivity index (χ3v) is 6.19. The zero-order valence-corrected chi connectivity index (χ0v) is 19.5. The molecule has 3 aromatic rings. The first-order chi connectivity index (χ1) is 16.2. The van der Waals surface area contributed by atoms with Gasteiger partial charge in [-0.2, -0.15) is 0 Å². The van der Waals surface area contributed by atoms with Gasteiger partial charge in [0.25, 0.3) is 0 Å². The predicted molar refractivity (Wildman–Crippen MR) is 134 cm³/mol. The van der Waals surface area contributed by atoms with Crippen LogP contribution in [0.3, 0.4) is 0 Å². The number of anilines is 1. The number of amides is 1. The standard InChI is InChI=1S/C27H30ClN3O2/c28-25-13-7-8-14-26(25)33-20-19-29-15-17-30(18-16-29)22-27(32)31(24-11-5-2-6-12-24)21-23-9-3-1-4-10-23/h1-14H,15-22H2. The first-order valence-electron chi connectivity index (χ1n) is 11.4. The van der Waals surface area contributed by atoms with Crippen LogP contribution in [-0.4, -0.2) is 61.6 Å². The van der Waals surface area contributed by atoms with Gasteiger partial charge >= 0.3 is 0 Å². The molecular weight excluding hydrogens is 434 g/mol. The zero-order valence-electron chi connectivity index (χ0n) is 18.8. The van der Waals surface area contributed by atoms with Gasteiger partial charge in [-0.15, -0.1) is 0 Å². The lowest BCUT2D eigenvalue weighted by molar-refractivity contribution is -0.120. The van der Waals surface area contributed by atoms with Gasteiger partial charge in [-0.05, 0) is 29.8 Å². The van der Waals surface area contributed by atoms with E-state index in [1.54, 1.807) is 0 Å². The van der Waals surface area contributed by atoms with E-state index in [1.165, 1.54) is 0 Å². The van der Waals surface area contributed by atoms with E-state index in [4.69, 9.17) is 16.3 Å². The van der Waals surface area contributed by atoms with Crippen LogP contribution in [0.15, 0.2) is 84.9 Å². The average Bonchev–Trinajstić information content (AvgIpc) is 2.86. The molecule has 1 saturated heterocycles. The fourth-order valence-corrected chi connectivity index (χ4v) is 4.18. The maximum absolute atomic E-state index is 13.3. The number of benzene rings is 3. The van der Waals surface area contributed by atoms with Crippen molar-refractivity contribution in [3.05, 3.63) is 95.5 Å². The summed E-state index contributed by atoms with van der Waals surface area (Å²) in [5.74, 6) is 0.850. The molecule has 4 rings (SSSR count). The summed E-state index contributed by atoms with van der Waals surface area (Å²) in [5, 5.41) is 0.638. The predicted octanol–water partition coefficient (Wildman–Crippen LogP) is 4.57. The van der Waals surface area contributed by atoms with Crippen LogP contribution in [-0.2, 0) is 11.3 Å². The Balaban J connectivity index is 1.27. The zero-order chi connectivity index (χ0) is 22.9. The van der Waals surface area contributed by atoms with Gasteiger partial charge in [0, 0.05) is 38.4 Å². The molecule has 5 nitrogen and oxygen atoms in total. The number of hydrogen-bond acceptors (Lipinski definition) is 4. The minimum atomic E-state index is 0.126. The summed E-state index contributed by atoms with van der Waals surface area (Å²) in [6.07, 6.45) is 0. The third kappa shape index (κ3) is 6.81. The highest BCUT2D eigenvalue weighted by Gasteiger charge is 2.23. The maximum Gasteiger partial charge on any atom is 0.241 e. The molecule has 0 aliphatic carbocycles. The molecule has 33 heavy (non-hydrogen) atoms. The summed E-state index contributed by atoms with van der Waals surface area (Å²) in [7, 11) is 0. The van der Waals surface area contributed by atoms with Gasteiger partial charge in [-0.1, -0.05) is 72.3 Å². The highest BCUT2D eigenvalue weighted by Crippen LogP contribution is 2.23. The van der Waals surface area contributed by atoms with Gasteiger partial charge in [0.2, 0.25) is 5.91 Å². The molecule has 0 unspecified atom stereocenters. The summed E-state index contributed by atoms with van der Waals surface area (Å²) in [6, 6.07) is 27.6. The Hall–Kier alpha value is -2.86. The molecule has 0 spiro atoms. The van der Waals surface area contributed by atoms with Gasteiger partial charge < -0.3 is 9.64 Å². The van der Waals surface area contributed by atoms with Crippen LogP contribution >= 0.6 is 11.6 Å². The Kier molecular flexibility index (Phi) is 8.36. The second-order valence-electron chi connectivity index (χ2n) is 8.20. The van der Waals surface area contributed by atoms with Crippen molar-refractivity contribution in [2.45, 2.75) is 6.54 Å². The molecule has 1 aliphatic rings. The molecular formula is C27H30ClN3O2. The Bertz CT molecular complexity index is 1010. The quantitative estimate of drug-likeness (QED) is 0.465. The summed E-state index contributed by atoms with van der Waals surface area (Å²) in [4.78, 5) is 19.8. The monoisotopic (exact) mass is 463 g/mol. The molecule has 0 aromatic heterocycles. The third-order valence-electron chi connectivity index (χ3n) is 5.88. The second-order valence-corrected chi connectivity index (χ2v) is 8.60. The van der Waals surface area contributed by atoms with Crippen LogP contribution < -0.4 is 9.64 Å². The van der Waals surface area contributed by atoms with Crippen LogP contribution in [0.25, 0.3) is 0 Å². The highest BCUT2D eigenvalue weighted by atomic mass is 35.5. The van der Waals surface area contributed by atoms with Crippen molar-refractivity contribution in [1.29, 1.82) is 0 Å². The molecule has 1 fully saturated rings. The van der Waals surface area contributed by atoms with Crippen LogP contribution in [0, 0.1) is 0 Å². The summed E-state index contributed by atoms with van der Waals surface area (Å²) >= 11 is 6.15. The lowest BCUT2D eigenvalue weighted by atomic mass is 10.2. The van der Waals surface area contributed by atoms with Crippen molar-refractivity contribution in [1.82, 2.24) is 9.80 Å². The second kappa shape index (κ2) is 11.8. The molecule has 0 atom stereocenters. The fraction of sp³-hybridized carbons (Fsp3) is 0.296. The van der Waals surface area contributed by atoms with Gasteiger partial charge in [-0.3, -0.25) is 14.6 Å². The number of para-hydroxylation sites is 2. The van der Waals surface area contributed by atoms with Crippen molar-refractivity contribution in [2.75, 3.05) is 50.8 Å². The van der Waals surface area contributed by atoms with Crippen molar-refractivity contribution in [3.8, 4) is 5.75 Å². The van der Waals surface area contributed by atoms with E-state index < -0.39 is 0 Å². The van der Waals surface area contributed by atoms with Gasteiger partial charge in [-0.25, -0.2) is 0 Å². The number of nitrogens with zero attached hydrogens (tertiary/aromatic N) is 3. The Labute approximate surface area is 201 Å². The molecule has 1 aliphatic heterocycles. The van der Waals surface area contributed by atoms with E-state index in [2.05, 4.69) is 21.9 Å². The molecule has 0 N–H and O–H groups in total. The largest absolute Gasteiger partial charge is 0.491 e. The number of ether oxygens (including phenoxy) is 1. The van der Waals surface area contributed by atoms with Crippen molar-refractivity contribution >= 4 is 23.2 Å². The van der Waals surface area contributed by atoms with E-state index in [0.29, 0.717) is 24.7 Å². The van der Waals surface area contributed by atoms with Gasteiger partial charge in [0.15, 0.2) is 0 Å². The van der Waals surface area contributed by atoms with E-state index in [9.17, 15) is 4.79 Å². The number of carbonyl (C=O) groups is 1. The summed E-state index contributed by atoms with van der Waals surface area (Å²) < 4.78 is 5.82. The fourth-order valence-electron chi connectivity index (χ4n) is 3.99. The van der Waals surface area contributed by atoms with Crippen LogP contribution in [0.1, 0.15) is 5.56 Å². The molecule has 0 bridgehead atoms. The lowest BCUT2D eigenvalue weighted by Gasteiger charge is -2.35. The van der Waals surface area contributed by atoms with Crippen molar-refractivity contribution in [2.24, 2.45) is 0 Å². The summed E-state index contributed by atoms with van der Waals surface area (Å²) in [6.45, 7) is 6.01. The normalized spacial score (nSPS) is 14.7. The summed E-state index contributed by atoms with van der Waals surface area (Å²) in [5.41, 5.74) is 2.06.